The molecule has 4 nitrogen and oxygen atoms in total. The molecule has 1 aliphatic heterocycles. The summed E-state index contributed by atoms with van der Waals surface area (Å²) in [5.41, 5.74) is 6.68. The summed E-state index contributed by atoms with van der Waals surface area (Å²) in [5, 5.41) is 3.76. The highest BCUT2D eigenvalue weighted by molar-refractivity contribution is 6.31. The Morgan fingerprint density at radius 3 is 3.29 bits per heavy atom. The van der Waals surface area contributed by atoms with Gasteiger partial charge in [-0.3, -0.25) is 0 Å². The van der Waals surface area contributed by atoms with Crippen LogP contribution >= 0.6 is 11.6 Å². The molecule has 1 atom stereocenters. The molecule has 0 aliphatic carbocycles. The number of nitrogens with two attached hydrogens (primary N) is 1. The molecule has 0 radical (unpaired) electrons. The number of ether oxygens (including phenoxy) is 1. The van der Waals surface area contributed by atoms with Gasteiger partial charge in [0.2, 0.25) is 0 Å². The second-order valence-electron chi connectivity index (χ2n) is 3.67. The van der Waals surface area contributed by atoms with Crippen LogP contribution in [0.4, 0.5) is 0 Å². The van der Waals surface area contributed by atoms with Gasteiger partial charge in [0.05, 0.1) is 12.6 Å². The van der Waals surface area contributed by atoms with Gasteiger partial charge in [0.25, 0.3) is 0 Å². The quantitative estimate of drug-likeness (QED) is 0.490. The van der Waals surface area contributed by atoms with Crippen molar-refractivity contribution in [2.45, 2.75) is 6.04 Å². The Morgan fingerprint density at radius 1 is 1.71 bits per heavy atom. The molecule has 0 amide bonds. The van der Waals surface area contributed by atoms with E-state index in [1.54, 1.807) is 6.08 Å². The average molecular weight is 252 g/mol. The number of guanidine groups is 1. The number of hydrogen-bond donors (Lipinski definition) is 2. The van der Waals surface area contributed by atoms with Crippen molar-refractivity contribution < 1.29 is 4.74 Å². The molecule has 1 aliphatic rings. The number of nitrogens with one attached hydrogen (secondary N) is 1. The van der Waals surface area contributed by atoms with Gasteiger partial charge in [0.1, 0.15) is 12.4 Å². The minimum Gasteiger partial charge on any atom is -0.491 e. The third-order valence-electron chi connectivity index (χ3n) is 2.48. The summed E-state index contributed by atoms with van der Waals surface area (Å²) >= 11 is 6.14. The highest BCUT2D eigenvalue weighted by Gasteiger charge is 2.26. The Labute approximate surface area is 105 Å². The number of halogens is 1. The number of benzene rings is 1. The monoisotopic (exact) mass is 251 g/mol. The van der Waals surface area contributed by atoms with Crippen LogP contribution in [0.2, 0.25) is 5.02 Å². The first-order chi connectivity index (χ1) is 8.22. The van der Waals surface area contributed by atoms with Gasteiger partial charge >= 0.3 is 0 Å². The maximum atomic E-state index is 6.14. The molecule has 0 aromatic heterocycles. The molecule has 0 saturated heterocycles. The molecule has 1 aromatic carbocycles. The molecule has 3 N–H and O–H groups in total. The first kappa shape index (κ1) is 11.8. The van der Waals surface area contributed by atoms with Crippen LogP contribution in [0.25, 0.3) is 0 Å². The maximum Gasteiger partial charge on any atom is 0.189 e. The molecule has 0 saturated carbocycles. The van der Waals surface area contributed by atoms with E-state index in [4.69, 9.17) is 22.1 Å². The van der Waals surface area contributed by atoms with E-state index < -0.39 is 0 Å². The molecule has 0 spiro atoms. The fraction of sp³-hybridized carbons (Fsp3) is 0.250. The van der Waals surface area contributed by atoms with Gasteiger partial charge in [-0.25, -0.2) is 4.99 Å². The zero-order chi connectivity index (χ0) is 12.3. The summed E-state index contributed by atoms with van der Waals surface area (Å²) in [6, 6.07) is 5.53. The summed E-state index contributed by atoms with van der Waals surface area (Å²) in [5.74, 6) is 1.16. The summed E-state index contributed by atoms with van der Waals surface area (Å²) in [6.07, 6.45) is 1.68. The number of aliphatic imine (C=N–C) groups is 1. The van der Waals surface area contributed by atoms with Crippen LogP contribution in [-0.2, 0) is 0 Å². The lowest BCUT2D eigenvalue weighted by molar-refractivity contribution is 0.324. The molecule has 1 unspecified atom stereocenters. The Balaban J connectivity index is 2.14. The minimum atomic E-state index is -0.0488. The first-order valence-electron chi connectivity index (χ1n) is 5.31. The van der Waals surface area contributed by atoms with Crippen molar-refractivity contribution in [3.8, 4) is 5.75 Å². The standard InChI is InChI=1S/C12H14ClN3O/c1-2-6-15-12(14)16-9-7-17-10-5-3-4-8(13)11(9)10/h2-5,9H,1,6-7H2,(H3,14,15,16). The Bertz CT molecular complexity index is 459. The molecule has 5 heteroatoms. The van der Waals surface area contributed by atoms with Crippen LogP contribution in [0.5, 0.6) is 5.75 Å². The minimum absolute atomic E-state index is 0.0488. The van der Waals surface area contributed by atoms with Crippen LogP contribution in [0.15, 0.2) is 35.8 Å². The number of nitrogens with zero attached hydrogens (tertiary/aromatic N) is 1. The molecule has 1 aromatic rings. The van der Waals surface area contributed by atoms with Crippen LogP contribution < -0.4 is 15.8 Å². The van der Waals surface area contributed by atoms with Gasteiger partial charge in [-0.05, 0) is 12.1 Å². The van der Waals surface area contributed by atoms with E-state index >= 15 is 0 Å². The average Bonchev–Trinajstić information content (AvgIpc) is 2.71. The lowest BCUT2D eigenvalue weighted by Crippen LogP contribution is -2.35. The fourth-order valence-corrected chi connectivity index (χ4v) is 2.04. The van der Waals surface area contributed by atoms with E-state index in [0.717, 1.165) is 11.3 Å². The van der Waals surface area contributed by atoms with Gasteiger partial charge in [-0.2, -0.15) is 0 Å². The van der Waals surface area contributed by atoms with Crippen molar-refractivity contribution in [2.75, 3.05) is 13.2 Å². The van der Waals surface area contributed by atoms with E-state index in [1.165, 1.54) is 0 Å². The molecule has 90 valence electrons. The largest absolute Gasteiger partial charge is 0.491 e. The Kier molecular flexibility index (Phi) is 3.54. The normalized spacial score (nSPS) is 18.4. The van der Waals surface area contributed by atoms with Crippen LogP contribution in [0.1, 0.15) is 11.6 Å². The fourth-order valence-electron chi connectivity index (χ4n) is 1.74. The van der Waals surface area contributed by atoms with Crippen LogP contribution in [-0.4, -0.2) is 19.1 Å². The number of fused-ring (bicyclic) bond motifs is 1. The van der Waals surface area contributed by atoms with Gasteiger partial charge in [0.15, 0.2) is 5.96 Å². The van der Waals surface area contributed by atoms with Gasteiger partial charge in [0, 0.05) is 10.6 Å². The summed E-state index contributed by atoms with van der Waals surface area (Å²) in [7, 11) is 0. The zero-order valence-electron chi connectivity index (χ0n) is 9.32. The Hall–Kier alpha value is -1.68. The second-order valence-corrected chi connectivity index (χ2v) is 4.08. The highest BCUT2D eigenvalue weighted by Crippen LogP contribution is 2.37. The van der Waals surface area contributed by atoms with E-state index in [2.05, 4.69) is 16.9 Å². The predicted octanol–water partition coefficient (Wildman–Crippen LogP) is 1.86. The molecule has 1 heterocycles. The summed E-state index contributed by atoms with van der Waals surface area (Å²) in [4.78, 5) is 4.08. The van der Waals surface area contributed by atoms with Crippen molar-refractivity contribution in [1.82, 2.24) is 5.32 Å². The Morgan fingerprint density at radius 2 is 2.53 bits per heavy atom. The lowest BCUT2D eigenvalue weighted by atomic mass is 10.1. The van der Waals surface area contributed by atoms with E-state index in [-0.39, 0.29) is 6.04 Å². The molecule has 2 rings (SSSR count). The second kappa shape index (κ2) is 5.10. The van der Waals surface area contributed by atoms with E-state index in [9.17, 15) is 0 Å². The first-order valence-corrected chi connectivity index (χ1v) is 5.68. The van der Waals surface area contributed by atoms with E-state index in [0.29, 0.717) is 24.1 Å². The van der Waals surface area contributed by atoms with Gasteiger partial charge < -0.3 is 15.8 Å². The number of hydrogen-bond acceptors (Lipinski definition) is 2. The zero-order valence-corrected chi connectivity index (χ0v) is 10.1. The molecule has 17 heavy (non-hydrogen) atoms. The van der Waals surface area contributed by atoms with Crippen LogP contribution in [0, 0.1) is 0 Å². The van der Waals surface area contributed by atoms with Gasteiger partial charge in [-0.15, -0.1) is 6.58 Å². The topological polar surface area (TPSA) is 59.6 Å². The van der Waals surface area contributed by atoms with Crippen LogP contribution in [0.3, 0.4) is 0 Å². The predicted molar refractivity (Wildman–Crippen MR) is 69.5 cm³/mol. The SMILES string of the molecule is C=CCN=C(N)NC1COc2cccc(Cl)c21. The van der Waals surface area contributed by atoms with Crippen molar-refractivity contribution in [3.05, 3.63) is 41.4 Å². The molecular weight excluding hydrogens is 238 g/mol. The van der Waals surface area contributed by atoms with E-state index in [1.807, 2.05) is 18.2 Å². The lowest BCUT2D eigenvalue weighted by Gasteiger charge is -2.12. The van der Waals surface area contributed by atoms with Crippen molar-refractivity contribution in [3.63, 3.8) is 0 Å². The molecule has 0 bridgehead atoms. The van der Waals surface area contributed by atoms with Crippen molar-refractivity contribution in [1.29, 1.82) is 0 Å². The molecular formula is C12H14ClN3O. The summed E-state index contributed by atoms with van der Waals surface area (Å²) < 4.78 is 5.52. The third-order valence-corrected chi connectivity index (χ3v) is 2.81. The third kappa shape index (κ3) is 2.53. The highest BCUT2D eigenvalue weighted by atomic mass is 35.5. The molecule has 0 fully saturated rings. The summed E-state index contributed by atoms with van der Waals surface area (Å²) in [6.45, 7) is 4.57. The maximum absolute atomic E-state index is 6.14. The van der Waals surface area contributed by atoms with Crippen molar-refractivity contribution in [2.24, 2.45) is 10.7 Å². The van der Waals surface area contributed by atoms with Gasteiger partial charge in [-0.1, -0.05) is 23.7 Å². The smallest absolute Gasteiger partial charge is 0.189 e. The number of rotatable bonds is 3. The van der Waals surface area contributed by atoms with Crippen molar-refractivity contribution >= 4 is 17.6 Å².